The van der Waals surface area contributed by atoms with Gasteiger partial charge in [0.05, 0.1) is 0 Å². The van der Waals surface area contributed by atoms with E-state index in [1.54, 1.807) is 0 Å². The molecule has 0 aromatic carbocycles. The second-order valence-corrected chi connectivity index (χ2v) is 2.44. The number of nitrogens with two attached hydrogens (primary N) is 1. The normalized spacial score (nSPS) is 10.9. The van der Waals surface area contributed by atoms with Crippen molar-refractivity contribution in [2.24, 2.45) is 5.73 Å². The predicted octanol–water partition coefficient (Wildman–Crippen LogP) is 0.154. The summed E-state index contributed by atoms with van der Waals surface area (Å²) in [6.07, 6.45) is -4.50. The molecule has 14 heavy (non-hydrogen) atoms. The molecule has 82 valence electrons. The molecule has 0 rings (SSSR count). The molecule has 0 aliphatic heterocycles. The quantitative estimate of drug-likeness (QED) is 0.637. The summed E-state index contributed by atoms with van der Waals surface area (Å²) in [4.78, 5) is 10.6. The van der Waals surface area contributed by atoms with Crippen molar-refractivity contribution in [3.8, 4) is 0 Å². The fourth-order valence-electron chi connectivity index (χ4n) is 0.483. The highest BCUT2D eigenvalue weighted by Crippen LogP contribution is 2.14. The lowest BCUT2D eigenvalue weighted by Crippen LogP contribution is -2.29. The van der Waals surface area contributed by atoms with Crippen LogP contribution in [0.3, 0.4) is 0 Å². The lowest BCUT2D eigenvalue weighted by atomic mass is 10.5. The molecule has 0 saturated carbocycles. The second kappa shape index (κ2) is 5.48. The van der Waals surface area contributed by atoms with Gasteiger partial charge in [-0.25, -0.2) is 0 Å². The van der Waals surface area contributed by atoms with E-state index in [9.17, 15) is 18.0 Å². The van der Waals surface area contributed by atoms with Crippen LogP contribution in [0, 0.1) is 0 Å². The molecule has 0 radical (unpaired) electrons. The van der Waals surface area contributed by atoms with Crippen LogP contribution in [-0.4, -0.2) is 31.8 Å². The number of hydrogen-bond donors (Lipinski definition) is 2. The summed E-state index contributed by atoms with van der Waals surface area (Å²) in [6, 6.07) is 0. The molecule has 0 amide bonds. The molecule has 0 heterocycles. The molecule has 0 aliphatic carbocycles. The fourth-order valence-corrected chi connectivity index (χ4v) is 0.483. The third kappa shape index (κ3) is 7.41. The Morgan fingerprint density at radius 3 is 2.50 bits per heavy atom. The van der Waals surface area contributed by atoms with Crippen LogP contribution in [0.1, 0.15) is 0 Å². The molecule has 0 aromatic rings. The van der Waals surface area contributed by atoms with Gasteiger partial charge in [-0.15, -0.1) is 0 Å². The minimum Gasteiger partial charge on any atom is -0.455 e. The van der Waals surface area contributed by atoms with Crippen molar-refractivity contribution in [1.29, 1.82) is 0 Å². The van der Waals surface area contributed by atoms with Crippen LogP contribution in [0.2, 0.25) is 0 Å². The van der Waals surface area contributed by atoms with Gasteiger partial charge in [0.25, 0.3) is 0 Å². The summed E-state index contributed by atoms with van der Waals surface area (Å²) in [5.41, 5.74) is 5.46. The van der Waals surface area contributed by atoms with E-state index in [1.165, 1.54) is 0 Å². The standard InChI is InChI=1S/C7H11F3N2O2/c1-5(2-11)12-3-6(13)14-4-7(8,9)10/h12H,1-4,11H2. The molecule has 0 aromatic heterocycles. The number of ether oxygens (including phenoxy) is 1. The van der Waals surface area contributed by atoms with E-state index in [1.807, 2.05) is 0 Å². The maximum atomic E-state index is 11.5. The average Bonchev–Trinajstić information content (AvgIpc) is 2.09. The Morgan fingerprint density at radius 1 is 1.50 bits per heavy atom. The van der Waals surface area contributed by atoms with Crippen LogP contribution in [0.15, 0.2) is 12.3 Å². The maximum Gasteiger partial charge on any atom is 0.422 e. The van der Waals surface area contributed by atoms with Crippen LogP contribution < -0.4 is 11.1 Å². The predicted molar refractivity (Wildman–Crippen MR) is 43.2 cm³/mol. The summed E-state index contributed by atoms with van der Waals surface area (Å²) in [7, 11) is 0. The minimum atomic E-state index is -4.50. The highest BCUT2D eigenvalue weighted by Gasteiger charge is 2.29. The van der Waals surface area contributed by atoms with Gasteiger partial charge in [-0.05, 0) is 0 Å². The topological polar surface area (TPSA) is 64.3 Å². The Kier molecular flexibility index (Phi) is 5.00. The minimum absolute atomic E-state index is 0.104. The van der Waals surface area contributed by atoms with Crippen LogP contribution in [0.25, 0.3) is 0 Å². The Balaban J connectivity index is 3.62. The molecule has 0 aliphatic rings. The lowest BCUT2D eigenvalue weighted by molar-refractivity contribution is -0.185. The Bertz CT molecular complexity index is 215. The van der Waals surface area contributed by atoms with Crippen molar-refractivity contribution in [1.82, 2.24) is 5.32 Å². The molecule has 3 N–H and O–H groups in total. The highest BCUT2D eigenvalue weighted by atomic mass is 19.4. The van der Waals surface area contributed by atoms with Gasteiger partial charge in [-0.2, -0.15) is 13.2 Å². The number of hydrogen-bond acceptors (Lipinski definition) is 4. The van der Waals surface area contributed by atoms with Gasteiger partial charge in [0.1, 0.15) is 6.54 Å². The molecule has 0 bridgehead atoms. The first kappa shape index (κ1) is 12.8. The van der Waals surface area contributed by atoms with Crippen molar-refractivity contribution in [2.45, 2.75) is 6.18 Å². The first-order valence-corrected chi connectivity index (χ1v) is 3.69. The number of rotatable bonds is 5. The van der Waals surface area contributed by atoms with Gasteiger partial charge in [-0.3, -0.25) is 4.79 Å². The number of esters is 1. The van der Waals surface area contributed by atoms with E-state index in [2.05, 4.69) is 16.6 Å². The SMILES string of the molecule is C=C(CN)NCC(=O)OCC(F)(F)F. The molecule has 0 fully saturated rings. The molecule has 0 saturated heterocycles. The Hall–Kier alpha value is -1.24. The van der Waals surface area contributed by atoms with Crippen LogP contribution in [-0.2, 0) is 9.53 Å². The van der Waals surface area contributed by atoms with Gasteiger partial charge in [0.15, 0.2) is 6.61 Å². The second-order valence-electron chi connectivity index (χ2n) is 2.44. The molecule has 7 heteroatoms. The molecule has 4 nitrogen and oxygen atoms in total. The number of nitrogens with one attached hydrogen (secondary N) is 1. The smallest absolute Gasteiger partial charge is 0.422 e. The van der Waals surface area contributed by atoms with Crippen molar-refractivity contribution in [3.05, 3.63) is 12.3 Å². The zero-order valence-electron chi connectivity index (χ0n) is 7.36. The summed E-state index contributed by atoms with van der Waals surface area (Å²) in [5, 5.41) is 2.41. The summed E-state index contributed by atoms with van der Waals surface area (Å²) in [6.45, 7) is 1.54. The Labute approximate surface area is 78.9 Å². The van der Waals surface area contributed by atoms with Crippen LogP contribution >= 0.6 is 0 Å². The van der Waals surface area contributed by atoms with E-state index in [0.717, 1.165) is 0 Å². The van der Waals surface area contributed by atoms with Crippen molar-refractivity contribution >= 4 is 5.97 Å². The van der Waals surface area contributed by atoms with E-state index in [0.29, 0.717) is 5.70 Å². The zero-order valence-corrected chi connectivity index (χ0v) is 7.36. The first-order chi connectivity index (χ1) is 6.35. The summed E-state index contributed by atoms with van der Waals surface area (Å²) < 4.78 is 38.5. The summed E-state index contributed by atoms with van der Waals surface area (Å²) in [5.74, 6) is -1.00. The Morgan fingerprint density at radius 2 is 2.07 bits per heavy atom. The largest absolute Gasteiger partial charge is 0.455 e. The maximum absolute atomic E-state index is 11.5. The summed E-state index contributed by atoms with van der Waals surface area (Å²) >= 11 is 0. The molecule has 0 atom stereocenters. The third-order valence-electron chi connectivity index (χ3n) is 1.13. The number of alkyl halides is 3. The van der Waals surface area contributed by atoms with Gasteiger partial charge in [0, 0.05) is 12.2 Å². The monoisotopic (exact) mass is 212 g/mol. The van der Waals surface area contributed by atoms with Gasteiger partial charge in [0.2, 0.25) is 0 Å². The molecule has 0 unspecified atom stereocenters. The number of carbonyl (C=O) groups is 1. The van der Waals surface area contributed by atoms with E-state index in [4.69, 9.17) is 5.73 Å². The fraction of sp³-hybridized carbons (Fsp3) is 0.571. The van der Waals surface area contributed by atoms with Crippen LogP contribution in [0.5, 0.6) is 0 Å². The lowest BCUT2D eigenvalue weighted by Gasteiger charge is -2.09. The van der Waals surface area contributed by atoms with Gasteiger partial charge in [-0.1, -0.05) is 6.58 Å². The zero-order chi connectivity index (χ0) is 11.2. The van der Waals surface area contributed by atoms with E-state index in [-0.39, 0.29) is 13.1 Å². The van der Waals surface area contributed by atoms with Crippen LogP contribution in [0.4, 0.5) is 13.2 Å². The third-order valence-corrected chi connectivity index (χ3v) is 1.13. The molecular weight excluding hydrogens is 201 g/mol. The van der Waals surface area contributed by atoms with Gasteiger partial charge >= 0.3 is 12.1 Å². The van der Waals surface area contributed by atoms with E-state index >= 15 is 0 Å². The van der Waals surface area contributed by atoms with Gasteiger partial charge < -0.3 is 15.8 Å². The van der Waals surface area contributed by atoms with Crippen molar-refractivity contribution < 1.29 is 22.7 Å². The number of halogens is 3. The number of carbonyl (C=O) groups excluding carboxylic acids is 1. The van der Waals surface area contributed by atoms with Crippen molar-refractivity contribution in [2.75, 3.05) is 19.7 Å². The average molecular weight is 212 g/mol. The highest BCUT2D eigenvalue weighted by molar-refractivity contribution is 5.71. The van der Waals surface area contributed by atoms with Crippen molar-refractivity contribution in [3.63, 3.8) is 0 Å². The first-order valence-electron chi connectivity index (χ1n) is 3.69. The molecule has 0 spiro atoms. The van der Waals surface area contributed by atoms with E-state index < -0.39 is 18.8 Å². The molecular formula is C7H11F3N2O2.